The van der Waals surface area contributed by atoms with Crippen LogP contribution in [0.4, 0.5) is 11.4 Å². The van der Waals surface area contributed by atoms with E-state index in [1.807, 2.05) is 12.1 Å². The molecule has 0 radical (unpaired) electrons. The minimum atomic E-state index is 0.115. The molecule has 3 N–H and O–H groups in total. The van der Waals surface area contributed by atoms with Crippen molar-refractivity contribution >= 4 is 22.3 Å². The zero-order chi connectivity index (χ0) is 19.2. The van der Waals surface area contributed by atoms with Gasteiger partial charge in [0.1, 0.15) is 0 Å². The van der Waals surface area contributed by atoms with E-state index in [1.165, 1.54) is 22.0 Å². The Morgan fingerprint density at radius 2 is 1.75 bits per heavy atom. The Morgan fingerprint density at radius 1 is 0.893 bits per heavy atom. The first-order valence-corrected chi connectivity index (χ1v) is 9.78. The van der Waals surface area contributed by atoms with Gasteiger partial charge in [0.25, 0.3) is 0 Å². The van der Waals surface area contributed by atoms with Crippen LogP contribution in [0.15, 0.2) is 73.1 Å². The van der Waals surface area contributed by atoms with Gasteiger partial charge in [-0.05, 0) is 60.7 Å². The van der Waals surface area contributed by atoms with Crippen LogP contribution in [0, 0.1) is 0 Å². The third-order valence-corrected chi connectivity index (χ3v) is 5.01. The van der Waals surface area contributed by atoms with Gasteiger partial charge in [-0.25, -0.2) is 0 Å². The first-order valence-electron chi connectivity index (χ1n) is 9.78. The average molecular weight is 371 g/mol. The molecule has 4 aromatic rings. The zero-order valence-corrected chi connectivity index (χ0v) is 15.9. The van der Waals surface area contributed by atoms with E-state index in [9.17, 15) is 0 Å². The summed E-state index contributed by atoms with van der Waals surface area (Å²) < 4.78 is 0. The van der Waals surface area contributed by atoms with Gasteiger partial charge in [0.2, 0.25) is 0 Å². The van der Waals surface area contributed by atoms with Crippen molar-refractivity contribution in [1.82, 2.24) is 9.97 Å². The van der Waals surface area contributed by atoms with Crippen LogP contribution >= 0.6 is 0 Å². The van der Waals surface area contributed by atoms with Gasteiger partial charge in [0, 0.05) is 53.4 Å². The van der Waals surface area contributed by atoms with Crippen LogP contribution in [0.25, 0.3) is 10.9 Å². The molecule has 0 saturated carbocycles. The van der Waals surface area contributed by atoms with Crippen LogP contribution in [-0.4, -0.2) is 21.7 Å². The second-order valence-corrected chi connectivity index (χ2v) is 7.04. The predicted molar refractivity (Wildman–Crippen MR) is 115 cm³/mol. The maximum Gasteiger partial charge on any atom is 0.0486 e. The summed E-state index contributed by atoms with van der Waals surface area (Å²) in [5, 5.41) is 13.8. The van der Waals surface area contributed by atoms with E-state index >= 15 is 0 Å². The molecule has 0 atom stereocenters. The first kappa shape index (κ1) is 18.3. The van der Waals surface area contributed by atoms with Crippen molar-refractivity contribution in [2.75, 3.05) is 11.9 Å². The molecule has 0 spiro atoms. The number of aromatic nitrogens is 2. The van der Waals surface area contributed by atoms with Crippen LogP contribution in [0.2, 0.25) is 0 Å². The Bertz CT molecular complexity index is 1040. The van der Waals surface area contributed by atoms with Crippen molar-refractivity contribution in [2.45, 2.75) is 25.7 Å². The smallest absolute Gasteiger partial charge is 0.0486 e. The fourth-order valence-corrected chi connectivity index (χ4v) is 3.55. The molecule has 0 amide bonds. The summed E-state index contributed by atoms with van der Waals surface area (Å²) in [5.74, 6) is 0. The largest absolute Gasteiger partial charge is 0.396 e. The lowest BCUT2D eigenvalue weighted by Gasteiger charge is -2.09. The molecule has 4 heteroatoms. The molecule has 4 nitrogen and oxygen atoms in total. The number of hydrogen-bond donors (Lipinski definition) is 3. The molecule has 2 aromatic carbocycles. The molecule has 0 unspecified atom stereocenters. The van der Waals surface area contributed by atoms with Crippen molar-refractivity contribution in [2.24, 2.45) is 0 Å². The van der Waals surface area contributed by atoms with Crippen LogP contribution in [-0.2, 0) is 19.3 Å². The van der Waals surface area contributed by atoms with Crippen LogP contribution < -0.4 is 5.32 Å². The molecule has 2 heterocycles. The molecular formula is C24H25N3O. The Balaban J connectivity index is 1.32. The van der Waals surface area contributed by atoms with Crippen molar-refractivity contribution in [3.8, 4) is 0 Å². The van der Waals surface area contributed by atoms with Crippen molar-refractivity contribution in [3.63, 3.8) is 0 Å². The van der Waals surface area contributed by atoms with Gasteiger partial charge in [0.15, 0.2) is 0 Å². The van der Waals surface area contributed by atoms with Gasteiger partial charge in [-0.1, -0.05) is 30.3 Å². The number of aromatic amines is 1. The lowest BCUT2D eigenvalue weighted by atomic mass is 10.0. The number of rotatable bonds is 8. The number of aliphatic hydroxyl groups excluding tert-OH is 1. The highest BCUT2D eigenvalue weighted by Crippen LogP contribution is 2.21. The number of anilines is 2. The highest BCUT2D eigenvalue weighted by molar-refractivity contribution is 5.83. The van der Waals surface area contributed by atoms with Crippen molar-refractivity contribution in [1.29, 1.82) is 0 Å². The topological polar surface area (TPSA) is 60.9 Å². The zero-order valence-electron chi connectivity index (χ0n) is 15.9. The molecule has 28 heavy (non-hydrogen) atoms. The van der Waals surface area contributed by atoms with E-state index in [2.05, 4.69) is 70.0 Å². The first-order chi connectivity index (χ1) is 13.8. The summed E-state index contributed by atoms with van der Waals surface area (Å²) in [4.78, 5) is 7.61. The summed E-state index contributed by atoms with van der Waals surface area (Å²) in [5.41, 5.74) is 6.89. The average Bonchev–Trinajstić information content (AvgIpc) is 3.13. The van der Waals surface area contributed by atoms with Crippen LogP contribution in [0.3, 0.4) is 0 Å². The third kappa shape index (κ3) is 4.41. The fourth-order valence-electron chi connectivity index (χ4n) is 3.55. The second-order valence-electron chi connectivity index (χ2n) is 7.04. The molecule has 142 valence electrons. The van der Waals surface area contributed by atoms with Gasteiger partial charge in [-0.3, -0.25) is 4.98 Å². The van der Waals surface area contributed by atoms with Gasteiger partial charge in [-0.15, -0.1) is 0 Å². The van der Waals surface area contributed by atoms with Gasteiger partial charge in [-0.2, -0.15) is 0 Å². The molecule has 0 saturated heterocycles. The van der Waals surface area contributed by atoms with Gasteiger partial charge in [0.05, 0.1) is 0 Å². The number of aliphatic hydroxyl groups is 1. The number of nitrogens with zero attached hydrogens (tertiary/aromatic N) is 1. The summed E-state index contributed by atoms with van der Waals surface area (Å²) >= 11 is 0. The second kappa shape index (κ2) is 8.72. The van der Waals surface area contributed by atoms with Gasteiger partial charge >= 0.3 is 0 Å². The summed E-state index contributed by atoms with van der Waals surface area (Å²) in [6, 6.07) is 21.0. The molecule has 2 aromatic heterocycles. The Hall–Kier alpha value is -3.11. The summed E-state index contributed by atoms with van der Waals surface area (Å²) in [6.45, 7) is 0.115. The summed E-state index contributed by atoms with van der Waals surface area (Å²) in [6.07, 6.45) is 7.75. The fraction of sp³-hybridized carbons (Fsp3) is 0.208. The number of para-hydroxylation sites is 1. The normalized spacial score (nSPS) is 11.0. The Labute approximate surface area is 165 Å². The quantitative estimate of drug-likeness (QED) is 0.408. The molecule has 0 aliphatic heterocycles. The number of benzene rings is 2. The highest BCUT2D eigenvalue weighted by Gasteiger charge is 2.03. The van der Waals surface area contributed by atoms with E-state index < -0.39 is 0 Å². The van der Waals surface area contributed by atoms with E-state index in [0.29, 0.717) is 6.42 Å². The maximum absolute atomic E-state index is 9.05. The minimum absolute atomic E-state index is 0.115. The van der Waals surface area contributed by atoms with E-state index in [1.54, 1.807) is 6.20 Å². The number of nitrogens with one attached hydrogen (secondary N) is 2. The number of hydrogen-bond acceptors (Lipinski definition) is 3. The molecule has 0 fully saturated rings. The van der Waals surface area contributed by atoms with Crippen LogP contribution in [0.1, 0.15) is 23.2 Å². The third-order valence-electron chi connectivity index (χ3n) is 5.01. The molecule has 4 rings (SSSR count). The Morgan fingerprint density at radius 3 is 2.61 bits per heavy atom. The van der Waals surface area contributed by atoms with E-state index in [-0.39, 0.29) is 6.61 Å². The lowest BCUT2D eigenvalue weighted by molar-refractivity contribution is 0.298. The number of fused-ring (bicyclic) bond motifs is 1. The number of pyridine rings is 1. The lowest BCUT2D eigenvalue weighted by Crippen LogP contribution is -1.97. The molecule has 0 aliphatic rings. The SMILES string of the molecule is OCCc1cc(Nc2ccc(CCCc3c[nH]c4ccccc34)cc2)ccn1. The number of aryl methyl sites for hydroxylation is 2. The standard InChI is InChI=1S/C24H25N3O/c28-15-13-21-16-22(12-14-25-21)27-20-10-8-18(9-11-20)4-3-5-19-17-26-24-7-2-1-6-23(19)24/h1-2,6-12,14,16-17,26,28H,3-5,13,15H2,(H,25,27). The van der Waals surface area contributed by atoms with E-state index in [0.717, 1.165) is 36.3 Å². The maximum atomic E-state index is 9.05. The predicted octanol–water partition coefficient (Wildman–Crippen LogP) is 5.02. The van der Waals surface area contributed by atoms with Crippen molar-refractivity contribution in [3.05, 3.63) is 89.9 Å². The molecular weight excluding hydrogens is 346 g/mol. The number of H-pyrrole nitrogens is 1. The Kier molecular flexibility index (Phi) is 5.69. The van der Waals surface area contributed by atoms with Crippen molar-refractivity contribution < 1.29 is 5.11 Å². The minimum Gasteiger partial charge on any atom is -0.396 e. The summed E-state index contributed by atoms with van der Waals surface area (Å²) in [7, 11) is 0. The monoisotopic (exact) mass is 371 g/mol. The van der Waals surface area contributed by atoms with Gasteiger partial charge < -0.3 is 15.4 Å². The molecule has 0 bridgehead atoms. The van der Waals surface area contributed by atoms with E-state index in [4.69, 9.17) is 5.11 Å². The van der Waals surface area contributed by atoms with Crippen LogP contribution in [0.5, 0.6) is 0 Å². The molecule has 0 aliphatic carbocycles. The highest BCUT2D eigenvalue weighted by atomic mass is 16.3.